The van der Waals surface area contributed by atoms with Gasteiger partial charge in [0.1, 0.15) is 0 Å². The second-order valence-corrected chi connectivity index (χ2v) is 7.78. The van der Waals surface area contributed by atoms with Crippen LogP contribution < -0.4 is 10.0 Å². The van der Waals surface area contributed by atoms with E-state index in [0.717, 1.165) is 16.1 Å². The van der Waals surface area contributed by atoms with Crippen LogP contribution in [0.25, 0.3) is 0 Å². The molecule has 1 aromatic carbocycles. The summed E-state index contributed by atoms with van der Waals surface area (Å²) in [4.78, 5) is 12.6. The molecule has 0 fully saturated rings. The van der Waals surface area contributed by atoms with Crippen molar-refractivity contribution in [3.05, 3.63) is 23.8 Å². The Morgan fingerprint density at radius 2 is 2.16 bits per heavy atom. The van der Waals surface area contributed by atoms with Gasteiger partial charge < -0.3 is 5.32 Å². The number of fused-ring (bicyclic) bond motifs is 1. The summed E-state index contributed by atoms with van der Waals surface area (Å²) in [6.45, 7) is 3.68. The summed E-state index contributed by atoms with van der Waals surface area (Å²) in [5, 5.41) is 2.72. The molecule has 0 saturated carbocycles. The molecule has 0 radical (unpaired) electrons. The van der Waals surface area contributed by atoms with Gasteiger partial charge in [-0.25, -0.2) is 13.1 Å². The summed E-state index contributed by atoms with van der Waals surface area (Å²) >= 11 is 1.51. The quantitative estimate of drug-likeness (QED) is 0.885. The van der Waals surface area contributed by atoms with Crippen LogP contribution in [0.3, 0.4) is 0 Å². The van der Waals surface area contributed by atoms with Crippen molar-refractivity contribution in [1.29, 1.82) is 0 Å². The molecule has 0 spiro atoms. The molecule has 1 aliphatic heterocycles. The smallest absolute Gasteiger partial charge is 0.237 e. The van der Waals surface area contributed by atoms with Crippen LogP contribution in [-0.4, -0.2) is 25.3 Å². The summed E-state index contributed by atoms with van der Waals surface area (Å²) in [5.41, 5.74) is 1.58. The first-order chi connectivity index (χ1) is 8.91. The first kappa shape index (κ1) is 14.4. The van der Waals surface area contributed by atoms with Crippen molar-refractivity contribution in [2.24, 2.45) is 0 Å². The molecule has 0 bridgehead atoms. The van der Waals surface area contributed by atoms with Crippen molar-refractivity contribution in [1.82, 2.24) is 4.72 Å². The first-order valence-corrected chi connectivity index (χ1v) is 8.52. The van der Waals surface area contributed by atoms with Crippen LogP contribution in [0, 0.1) is 0 Å². The zero-order chi connectivity index (χ0) is 14.0. The third kappa shape index (κ3) is 3.49. The van der Waals surface area contributed by atoms with E-state index in [4.69, 9.17) is 0 Å². The predicted molar refractivity (Wildman–Crippen MR) is 76.7 cm³/mol. The molecule has 0 saturated heterocycles. The highest BCUT2D eigenvalue weighted by Crippen LogP contribution is 2.35. The average molecular weight is 300 g/mol. The van der Waals surface area contributed by atoms with E-state index in [1.807, 2.05) is 25.1 Å². The highest BCUT2D eigenvalue weighted by Gasteiger charge is 2.22. The molecule has 1 amide bonds. The zero-order valence-corrected chi connectivity index (χ0v) is 12.4. The molecule has 1 heterocycles. The lowest BCUT2D eigenvalue weighted by Gasteiger charge is -2.21. The first-order valence-electron chi connectivity index (χ1n) is 5.99. The van der Waals surface area contributed by atoms with Crippen molar-refractivity contribution >= 4 is 33.4 Å². The number of carbonyl (C=O) groups is 1. The Balaban J connectivity index is 2.14. The summed E-state index contributed by atoms with van der Waals surface area (Å²) in [6, 6.07) is 5.59. The van der Waals surface area contributed by atoms with Crippen LogP contribution in [0.5, 0.6) is 0 Å². The Bertz CT molecular complexity index is 599. The normalized spacial score (nSPS) is 18.8. The van der Waals surface area contributed by atoms with Crippen molar-refractivity contribution in [3.8, 4) is 0 Å². The average Bonchev–Trinajstić information content (AvgIpc) is 2.38. The van der Waals surface area contributed by atoms with Crippen LogP contribution in [0.1, 0.15) is 19.4 Å². The fourth-order valence-electron chi connectivity index (χ4n) is 1.66. The lowest BCUT2D eigenvalue weighted by molar-refractivity contribution is -0.115. The summed E-state index contributed by atoms with van der Waals surface area (Å²) in [6.07, 6.45) is 0. The number of hydrogen-bond donors (Lipinski definition) is 2. The second kappa shape index (κ2) is 5.52. The van der Waals surface area contributed by atoms with E-state index >= 15 is 0 Å². The third-order valence-corrected chi connectivity index (χ3v) is 5.37. The molecule has 0 aromatic heterocycles. The number of nitrogens with one attached hydrogen (secondary N) is 2. The topological polar surface area (TPSA) is 75.3 Å². The van der Waals surface area contributed by atoms with Gasteiger partial charge >= 0.3 is 0 Å². The third-order valence-electron chi connectivity index (χ3n) is 2.85. The fraction of sp³-hybridized carbons (Fsp3) is 0.417. The van der Waals surface area contributed by atoms with E-state index < -0.39 is 10.0 Å². The van der Waals surface area contributed by atoms with E-state index in [2.05, 4.69) is 10.0 Å². The van der Waals surface area contributed by atoms with Crippen molar-refractivity contribution in [2.75, 3.05) is 11.1 Å². The number of anilines is 1. The maximum absolute atomic E-state index is 11.6. The van der Waals surface area contributed by atoms with E-state index in [1.165, 1.54) is 11.8 Å². The molecule has 5 nitrogen and oxygen atoms in total. The highest BCUT2D eigenvalue weighted by molar-refractivity contribution is 8.01. The Morgan fingerprint density at radius 3 is 2.84 bits per heavy atom. The molecule has 7 heteroatoms. The van der Waals surface area contributed by atoms with Crippen molar-refractivity contribution in [2.45, 2.75) is 30.5 Å². The van der Waals surface area contributed by atoms with Crippen LogP contribution in [-0.2, 0) is 21.4 Å². The van der Waals surface area contributed by atoms with Gasteiger partial charge in [0.15, 0.2) is 0 Å². The molecular weight excluding hydrogens is 284 g/mol. The van der Waals surface area contributed by atoms with Gasteiger partial charge in [0, 0.05) is 11.4 Å². The Labute approximate surface area is 117 Å². The van der Waals surface area contributed by atoms with Gasteiger partial charge in [-0.3, -0.25) is 4.79 Å². The van der Waals surface area contributed by atoms with Crippen LogP contribution in [0.4, 0.5) is 5.69 Å². The summed E-state index contributed by atoms with van der Waals surface area (Å²) in [7, 11) is -3.20. The predicted octanol–water partition coefficient (Wildman–Crippen LogP) is 1.56. The minimum atomic E-state index is -3.20. The van der Waals surface area contributed by atoms with Gasteiger partial charge in [0.2, 0.25) is 15.9 Å². The summed E-state index contributed by atoms with van der Waals surface area (Å²) < 4.78 is 25.2. The minimum absolute atomic E-state index is 0.0243. The number of carbonyl (C=O) groups excluding carboxylic acids is 1. The monoisotopic (exact) mass is 300 g/mol. The molecule has 1 aliphatic rings. The van der Waals surface area contributed by atoms with Crippen molar-refractivity contribution in [3.63, 3.8) is 0 Å². The standard InChI is InChI=1S/C12H16N2O3S2/c1-3-19(16,17)13-7-9-4-5-11-10(6-9)14-12(15)8(2)18-11/h4-6,8,13H,3,7H2,1-2H3,(H,14,15). The molecule has 1 unspecified atom stereocenters. The van der Waals surface area contributed by atoms with Gasteiger partial charge in [0.05, 0.1) is 16.7 Å². The molecule has 0 aliphatic carbocycles. The Hall–Kier alpha value is -1.05. The molecule has 1 aromatic rings. The molecule has 2 N–H and O–H groups in total. The number of benzene rings is 1. The van der Waals surface area contributed by atoms with Gasteiger partial charge in [-0.1, -0.05) is 6.07 Å². The maximum Gasteiger partial charge on any atom is 0.237 e. The van der Waals surface area contributed by atoms with E-state index in [1.54, 1.807) is 6.92 Å². The second-order valence-electron chi connectivity index (χ2n) is 4.30. The van der Waals surface area contributed by atoms with Crippen LogP contribution in [0.2, 0.25) is 0 Å². The number of sulfonamides is 1. The zero-order valence-electron chi connectivity index (χ0n) is 10.8. The summed E-state index contributed by atoms with van der Waals surface area (Å²) in [5.74, 6) is 0.0333. The lowest BCUT2D eigenvalue weighted by atomic mass is 10.2. The van der Waals surface area contributed by atoms with Crippen LogP contribution >= 0.6 is 11.8 Å². The molecule has 2 rings (SSSR count). The Morgan fingerprint density at radius 1 is 1.42 bits per heavy atom. The highest BCUT2D eigenvalue weighted by atomic mass is 32.2. The van der Waals surface area contributed by atoms with E-state index in [-0.39, 0.29) is 23.5 Å². The molecule has 19 heavy (non-hydrogen) atoms. The van der Waals surface area contributed by atoms with Gasteiger partial charge in [-0.05, 0) is 31.5 Å². The van der Waals surface area contributed by atoms with Gasteiger partial charge in [0.25, 0.3) is 0 Å². The van der Waals surface area contributed by atoms with Gasteiger partial charge in [-0.15, -0.1) is 11.8 Å². The number of rotatable bonds is 4. The maximum atomic E-state index is 11.6. The number of thioether (sulfide) groups is 1. The minimum Gasteiger partial charge on any atom is -0.324 e. The largest absolute Gasteiger partial charge is 0.324 e. The number of amides is 1. The molecule has 1 atom stereocenters. The number of hydrogen-bond acceptors (Lipinski definition) is 4. The lowest BCUT2D eigenvalue weighted by Crippen LogP contribution is -2.27. The molecule has 104 valence electrons. The van der Waals surface area contributed by atoms with Crippen LogP contribution in [0.15, 0.2) is 23.1 Å². The fourth-order valence-corrected chi connectivity index (χ4v) is 3.18. The molecular formula is C12H16N2O3S2. The van der Waals surface area contributed by atoms with E-state index in [0.29, 0.717) is 0 Å². The SMILES string of the molecule is CCS(=O)(=O)NCc1ccc2c(c1)NC(=O)C(C)S2. The van der Waals surface area contributed by atoms with Crippen molar-refractivity contribution < 1.29 is 13.2 Å². The van der Waals surface area contributed by atoms with Gasteiger partial charge in [-0.2, -0.15) is 0 Å². The van der Waals surface area contributed by atoms with E-state index in [9.17, 15) is 13.2 Å². The Kier molecular flexibility index (Phi) is 4.17.